The van der Waals surface area contributed by atoms with Gasteiger partial charge in [0.1, 0.15) is 0 Å². The molecule has 2 heteroatoms. The molecule has 14 heavy (non-hydrogen) atoms. The first-order valence-electron chi connectivity index (χ1n) is 4.96. The van der Waals surface area contributed by atoms with Crippen LogP contribution in [-0.2, 0) is 0 Å². The van der Waals surface area contributed by atoms with Gasteiger partial charge >= 0.3 is 0 Å². The van der Waals surface area contributed by atoms with Crippen LogP contribution in [0, 0.1) is 6.92 Å². The summed E-state index contributed by atoms with van der Waals surface area (Å²) < 4.78 is 2.31. The van der Waals surface area contributed by atoms with Gasteiger partial charge in [0, 0.05) is 22.8 Å². The van der Waals surface area contributed by atoms with Crippen LogP contribution in [0.4, 0.5) is 5.69 Å². The zero-order valence-electron chi connectivity index (χ0n) is 8.91. The van der Waals surface area contributed by atoms with Crippen molar-refractivity contribution in [3.05, 3.63) is 30.0 Å². The van der Waals surface area contributed by atoms with Crippen molar-refractivity contribution < 1.29 is 0 Å². The van der Waals surface area contributed by atoms with Crippen LogP contribution in [0.2, 0.25) is 0 Å². The van der Waals surface area contributed by atoms with Crippen LogP contribution in [0.5, 0.6) is 0 Å². The van der Waals surface area contributed by atoms with E-state index in [4.69, 9.17) is 5.73 Å². The number of nitrogen functional groups attached to an aromatic ring is 1. The Bertz CT molecular complexity index is 466. The summed E-state index contributed by atoms with van der Waals surface area (Å²) in [5.74, 6) is 0. The minimum Gasteiger partial charge on any atom is -0.399 e. The molecule has 0 fully saturated rings. The summed E-state index contributed by atoms with van der Waals surface area (Å²) >= 11 is 0. The first kappa shape index (κ1) is 9.13. The van der Waals surface area contributed by atoms with E-state index in [1.807, 2.05) is 12.1 Å². The molecule has 2 N–H and O–H groups in total. The fourth-order valence-corrected chi connectivity index (χ4v) is 2.06. The Balaban J connectivity index is 2.79. The number of benzene rings is 1. The lowest BCUT2D eigenvalue weighted by molar-refractivity contribution is 0.608. The highest BCUT2D eigenvalue weighted by molar-refractivity contribution is 5.84. The van der Waals surface area contributed by atoms with Gasteiger partial charge in [0.05, 0.1) is 5.52 Å². The zero-order chi connectivity index (χ0) is 10.3. The fraction of sp³-hybridized carbons (Fsp3) is 0.333. The average Bonchev–Trinajstić information content (AvgIpc) is 2.40. The topological polar surface area (TPSA) is 30.9 Å². The van der Waals surface area contributed by atoms with Crippen molar-refractivity contribution in [1.29, 1.82) is 0 Å². The van der Waals surface area contributed by atoms with Crippen molar-refractivity contribution in [3.8, 4) is 0 Å². The van der Waals surface area contributed by atoms with E-state index in [0.717, 1.165) is 5.69 Å². The summed E-state index contributed by atoms with van der Waals surface area (Å²) in [6.07, 6.45) is 0. The summed E-state index contributed by atoms with van der Waals surface area (Å²) in [5, 5.41) is 1.27. The van der Waals surface area contributed by atoms with Gasteiger partial charge in [-0.1, -0.05) is 6.07 Å². The number of fused-ring (bicyclic) bond motifs is 1. The smallest absolute Gasteiger partial charge is 0.0505 e. The molecule has 0 radical (unpaired) electrons. The van der Waals surface area contributed by atoms with E-state index >= 15 is 0 Å². The summed E-state index contributed by atoms with van der Waals surface area (Å²) in [7, 11) is 0. The highest BCUT2D eigenvalue weighted by atomic mass is 15.0. The first-order chi connectivity index (χ1) is 6.59. The Morgan fingerprint density at radius 3 is 2.57 bits per heavy atom. The van der Waals surface area contributed by atoms with Crippen molar-refractivity contribution in [3.63, 3.8) is 0 Å². The van der Waals surface area contributed by atoms with Crippen molar-refractivity contribution in [2.24, 2.45) is 0 Å². The van der Waals surface area contributed by atoms with Gasteiger partial charge in [-0.25, -0.2) is 0 Å². The SMILES string of the molecule is Cc1cc2ccc(N)cc2n1C(C)C. The summed E-state index contributed by atoms with van der Waals surface area (Å²) in [4.78, 5) is 0. The number of aromatic nitrogens is 1. The lowest BCUT2D eigenvalue weighted by Gasteiger charge is -2.12. The Morgan fingerprint density at radius 1 is 1.21 bits per heavy atom. The van der Waals surface area contributed by atoms with Crippen LogP contribution >= 0.6 is 0 Å². The number of anilines is 1. The Labute approximate surface area is 84.3 Å². The highest BCUT2D eigenvalue weighted by Crippen LogP contribution is 2.25. The van der Waals surface area contributed by atoms with Gasteiger partial charge in [-0.05, 0) is 39.0 Å². The van der Waals surface area contributed by atoms with Gasteiger partial charge in [0.2, 0.25) is 0 Å². The third-order valence-electron chi connectivity index (χ3n) is 2.57. The van der Waals surface area contributed by atoms with E-state index in [0.29, 0.717) is 6.04 Å². The van der Waals surface area contributed by atoms with Crippen LogP contribution in [0.1, 0.15) is 25.6 Å². The van der Waals surface area contributed by atoms with Crippen LogP contribution < -0.4 is 5.73 Å². The lowest BCUT2D eigenvalue weighted by Crippen LogP contribution is -2.02. The maximum atomic E-state index is 5.79. The number of nitrogens with zero attached hydrogens (tertiary/aromatic N) is 1. The standard InChI is InChI=1S/C12H16N2/c1-8(2)14-9(3)6-10-4-5-11(13)7-12(10)14/h4-8H,13H2,1-3H3. The molecule has 2 rings (SSSR count). The molecule has 0 bridgehead atoms. The van der Waals surface area contributed by atoms with E-state index in [1.54, 1.807) is 0 Å². The van der Waals surface area contributed by atoms with Crippen molar-refractivity contribution in [2.75, 3.05) is 5.73 Å². The highest BCUT2D eigenvalue weighted by Gasteiger charge is 2.07. The monoisotopic (exact) mass is 188 g/mol. The van der Waals surface area contributed by atoms with Gasteiger partial charge < -0.3 is 10.3 Å². The first-order valence-corrected chi connectivity index (χ1v) is 4.96. The third kappa shape index (κ3) is 1.27. The summed E-state index contributed by atoms with van der Waals surface area (Å²) in [5.41, 5.74) is 9.15. The normalized spacial score (nSPS) is 11.4. The Kier molecular flexibility index (Phi) is 1.99. The molecule has 0 aliphatic rings. The second kappa shape index (κ2) is 3.05. The zero-order valence-corrected chi connectivity index (χ0v) is 8.91. The molecule has 0 aliphatic carbocycles. The molecule has 0 aliphatic heterocycles. The maximum Gasteiger partial charge on any atom is 0.0505 e. The van der Waals surface area contributed by atoms with Crippen molar-refractivity contribution in [2.45, 2.75) is 26.8 Å². The average molecular weight is 188 g/mol. The lowest BCUT2D eigenvalue weighted by atomic mass is 10.2. The predicted octanol–water partition coefficient (Wildman–Crippen LogP) is 3.11. The van der Waals surface area contributed by atoms with E-state index in [2.05, 4.69) is 37.5 Å². The molecule has 2 nitrogen and oxygen atoms in total. The molecule has 0 unspecified atom stereocenters. The number of nitrogens with two attached hydrogens (primary N) is 1. The van der Waals surface area contributed by atoms with Gasteiger partial charge in [0.25, 0.3) is 0 Å². The molecular formula is C12H16N2. The van der Waals surface area contributed by atoms with E-state index in [9.17, 15) is 0 Å². The Morgan fingerprint density at radius 2 is 1.93 bits per heavy atom. The van der Waals surface area contributed by atoms with Gasteiger partial charge in [-0.2, -0.15) is 0 Å². The molecule has 0 spiro atoms. The minimum absolute atomic E-state index is 0.481. The van der Waals surface area contributed by atoms with E-state index in [1.165, 1.54) is 16.6 Å². The van der Waals surface area contributed by atoms with Gasteiger partial charge in [-0.15, -0.1) is 0 Å². The predicted molar refractivity (Wildman–Crippen MR) is 61.5 cm³/mol. The van der Waals surface area contributed by atoms with Crippen LogP contribution in [0.3, 0.4) is 0 Å². The fourth-order valence-electron chi connectivity index (χ4n) is 2.06. The molecule has 74 valence electrons. The molecule has 1 heterocycles. The van der Waals surface area contributed by atoms with Crippen LogP contribution in [-0.4, -0.2) is 4.57 Å². The number of hydrogen-bond donors (Lipinski definition) is 1. The second-order valence-corrected chi connectivity index (χ2v) is 4.07. The largest absolute Gasteiger partial charge is 0.399 e. The minimum atomic E-state index is 0.481. The van der Waals surface area contributed by atoms with Crippen molar-refractivity contribution >= 4 is 16.6 Å². The molecule has 0 saturated heterocycles. The molecular weight excluding hydrogens is 172 g/mol. The number of aryl methyl sites for hydroxylation is 1. The van der Waals surface area contributed by atoms with Crippen LogP contribution in [0.15, 0.2) is 24.3 Å². The quantitative estimate of drug-likeness (QED) is 0.685. The number of hydrogen-bond acceptors (Lipinski definition) is 1. The molecule has 0 saturated carbocycles. The van der Waals surface area contributed by atoms with Crippen molar-refractivity contribution in [1.82, 2.24) is 4.57 Å². The Hall–Kier alpha value is -1.44. The van der Waals surface area contributed by atoms with E-state index in [-0.39, 0.29) is 0 Å². The summed E-state index contributed by atoms with van der Waals surface area (Å²) in [6.45, 7) is 6.52. The molecule has 0 amide bonds. The molecule has 1 aromatic heterocycles. The van der Waals surface area contributed by atoms with Crippen LogP contribution in [0.25, 0.3) is 10.9 Å². The number of rotatable bonds is 1. The van der Waals surface area contributed by atoms with Gasteiger partial charge in [-0.3, -0.25) is 0 Å². The third-order valence-corrected chi connectivity index (χ3v) is 2.57. The van der Waals surface area contributed by atoms with E-state index < -0.39 is 0 Å². The molecule has 1 aromatic carbocycles. The maximum absolute atomic E-state index is 5.79. The molecule has 0 atom stereocenters. The molecule has 2 aromatic rings. The summed E-state index contributed by atoms with van der Waals surface area (Å²) in [6, 6.07) is 8.76. The van der Waals surface area contributed by atoms with Gasteiger partial charge in [0.15, 0.2) is 0 Å². The second-order valence-electron chi connectivity index (χ2n) is 4.07.